The summed E-state index contributed by atoms with van der Waals surface area (Å²) in [7, 11) is 4.03. The molecule has 0 bridgehead atoms. The van der Waals surface area contributed by atoms with Crippen LogP contribution in [-0.2, 0) is 4.79 Å². The Labute approximate surface area is 96.2 Å². The summed E-state index contributed by atoms with van der Waals surface area (Å²) in [6.07, 6.45) is 5.79. The van der Waals surface area contributed by atoms with Gasteiger partial charge in [0.2, 0.25) is 0 Å². The van der Waals surface area contributed by atoms with Crippen LogP contribution in [0.15, 0.2) is 0 Å². The molecule has 0 N–H and O–H groups in total. The maximum atomic E-state index is 10.6. The van der Waals surface area contributed by atoms with Crippen molar-refractivity contribution in [2.75, 3.05) is 5.75 Å². The second kappa shape index (κ2) is 9.91. The lowest BCUT2D eigenvalue weighted by atomic mass is 10.1. The summed E-state index contributed by atoms with van der Waals surface area (Å²) in [6.45, 7) is 5.68. The number of hydrogen-bond acceptors (Lipinski definition) is 3. The molecular formula is C11H22OS2. The van der Waals surface area contributed by atoms with E-state index >= 15 is 0 Å². The minimum absolute atomic E-state index is 0.337. The van der Waals surface area contributed by atoms with Crippen LogP contribution in [0.4, 0.5) is 0 Å². The quantitative estimate of drug-likeness (QED) is 0.521. The van der Waals surface area contributed by atoms with Crippen LogP contribution in [-0.4, -0.2) is 16.8 Å². The molecular weight excluding hydrogens is 212 g/mol. The number of carbonyl (C=O) groups is 1. The average Bonchev–Trinajstić information content (AvgIpc) is 2.68. The van der Waals surface area contributed by atoms with Gasteiger partial charge in [-0.2, -0.15) is 0 Å². The Morgan fingerprint density at radius 2 is 2.07 bits per heavy atom. The van der Waals surface area contributed by atoms with Gasteiger partial charge in [0.05, 0.1) is 0 Å². The molecule has 0 aliphatic carbocycles. The number of Topliss-reactive ketones (excluding diaryl/α,β-unsaturated/α-hetero) is 1. The molecule has 1 fully saturated rings. The molecule has 0 aromatic heterocycles. The Balaban J connectivity index is 0.000000791. The van der Waals surface area contributed by atoms with Gasteiger partial charge in [-0.1, -0.05) is 41.9 Å². The van der Waals surface area contributed by atoms with E-state index in [2.05, 4.69) is 0 Å². The fourth-order valence-electron chi connectivity index (χ4n) is 1.31. The molecule has 14 heavy (non-hydrogen) atoms. The van der Waals surface area contributed by atoms with Crippen molar-refractivity contribution in [2.45, 2.75) is 58.1 Å². The van der Waals surface area contributed by atoms with E-state index in [4.69, 9.17) is 0 Å². The number of hydrogen-bond donors (Lipinski definition) is 0. The van der Waals surface area contributed by atoms with Crippen molar-refractivity contribution in [3.63, 3.8) is 0 Å². The highest BCUT2D eigenvalue weighted by Gasteiger charge is 2.15. The van der Waals surface area contributed by atoms with Crippen LogP contribution in [0.2, 0.25) is 0 Å². The van der Waals surface area contributed by atoms with Crippen molar-refractivity contribution >= 4 is 27.4 Å². The van der Waals surface area contributed by atoms with Gasteiger partial charge in [0, 0.05) is 17.4 Å². The highest BCUT2D eigenvalue weighted by molar-refractivity contribution is 8.77. The molecule has 1 aliphatic heterocycles. The Morgan fingerprint density at radius 3 is 2.57 bits per heavy atom. The van der Waals surface area contributed by atoms with E-state index in [1.807, 2.05) is 35.4 Å². The van der Waals surface area contributed by atoms with Crippen molar-refractivity contribution in [3.05, 3.63) is 0 Å². The molecule has 0 unspecified atom stereocenters. The summed E-state index contributed by atoms with van der Waals surface area (Å²) < 4.78 is 0. The van der Waals surface area contributed by atoms with E-state index in [9.17, 15) is 4.79 Å². The zero-order valence-electron chi connectivity index (χ0n) is 9.54. The van der Waals surface area contributed by atoms with Crippen LogP contribution < -0.4 is 0 Å². The number of carbonyl (C=O) groups excluding carboxylic acids is 1. The molecule has 0 amide bonds. The van der Waals surface area contributed by atoms with E-state index < -0.39 is 0 Å². The van der Waals surface area contributed by atoms with Crippen LogP contribution in [0.5, 0.6) is 0 Å². The van der Waals surface area contributed by atoms with Crippen molar-refractivity contribution in [1.29, 1.82) is 0 Å². The van der Waals surface area contributed by atoms with E-state index in [0.29, 0.717) is 5.78 Å². The van der Waals surface area contributed by atoms with Crippen LogP contribution in [0.25, 0.3) is 0 Å². The second-order valence-corrected chi connectivity index (χ2v) is 6.06. The Kier molecular flexibility index (Phi) is 10.2. The first kappa shape index (κ1) is 14.4. The average molecular weight is 234 g/mol. The predicted octanol–water partition coefficient (Wildman–Crippen LogP) is 4.32. The standard InChI is InChI=1S/C9H16OS2.C2H6/c1-8(10)4-2-3-5-9-6-7-11-12-9;1-2/h9H,2-7H2,1H3;1-2H3/t9-;/m0./s1. The van der Waals surface area contributed by atoms with Gasteiger partial charge < -0.3 is 4.79 Å². The molecule has 3 heteroatoms. The lowest BCUT2D eigenvalue weighted by molar-refractivity contribution is -0.117. The summed E-state index contributed by atoms with van der Waals surface area (Å²) in [6, 6.07) is 0. The van der Waals surface area contributed by atoms with Crippen LogP contribution >= 0.6 is 21.6 Å². The summed E-state index contributed by atoms with van der Waals surface area (Å²) in [4.78, 5) is 10.6. The summed E-state index contributed by atoms with van der Waals surface area (Å²) in [5.74, 6) is 1.66. The lowest BCUT2D eigenvalue weighted by Crippen LogP contribution is -1.98. The highest BCUT2D eigenvalue weighted by atomic mass is 33.1. The van der Waals surface area contributed by atoms with E-state index in [0.717, 1.165) is 18.1 Å². The van der Waals surface area contributed by atoms with Gasteiger partial charge in [0.25, 0.3) is 0 Å². The molecule has 84 valence electrons. The van der Waals surface area contributed by atoms with E-state index in [-0.39, 0.29) is 0 Å². The minimum Gasteiger partial charge on any atom is -0.300 e. The predicted molar refractivity (Wildman–Crippen MR) is 69.0 cm³/mol. The molecule has 0 saturated carbocycles. The molecule has 0 radical (unpaired) electrons. The zero-order valence-corrected chi connectivity index (χ0v) is 11.2. The fourth-order valence-corrected chi connectivity index (χ4v) is 4.34. The summed E-state index contributed by atoms with van der Waals surface area (Å²) >= 11 is 0. The SMILES string of the molecule is CC.CC(=O)CCCC[C@H]1CCSS1. The van der Waals surface area contributed by atoms with Gasteiger partial charge in [-0.25, -0.2) is 0 Å². The Bertz CT molecular complexity index is 142. The van der Waals surface area contributed by atoms with Crippen molar-refractivity contribution in [1.82, 2.24) is 0 Å². The van der Waals surface area contributed by atoms with Gasteiger partial charge in [0.1, 0.15) is 5.78 Å². The van der Waals surface area contributed by atoms with Crippen molar-refractivity contribution in [2.24, 2.45) is 0 Å². The Morgan fingerprint density at radius 1 is 1.36 bits per heavy atom. The summed E-state index contributed by atoms with van der Waals surface area (Å²) in [5.41, 5.74) is 0. The second-order valence-electron chi connectivity index (χ2n) is 3.28. The Hall–Kier alpha value is 0.370. The molecule has 1 rings (SSSR count). The van der Waals surface area contributed by atoms with Gasteiger partial charge in [-0.3, -0.25) is 0 Å². The van der Waals surface area contributed by atoms with Gasteiger partial charge in [-0.15, -0.1) is 0 Å². The largest absolute Gasteiger partial charge is 0.300 e. The summed E-state index contributed by atoms with van der Waals surface area (Å²) in [5, 5.41) is 0.877. The van der Waals surface area contributed by atoms with Gasteiger partial charge in [-0.05, 0) is 26.2 Å². The van der Waals surface area contributed by atoms with E-state index in [1.165, 1.54) is 25.0 Å². The molecule has 1 nitrogen and oxygen atoms in total. The van der Waals surface area contributed by atoms with Gasteiger partial charge in [0.15, 0.2) is 0 Å². The van der Waals surface area contributed by atoms with Crippen LogP contribution in [0, 0.1) is 0 Å². The normalized spacial score (nSPS) is 20.1. The molecule has 0 aromatic rings. The molecule has 0 spiro atoms. The third-order valence-corrected chi connectivity index (χ3v) is 5.04. The third kappa shape index (κ3) is 7.74. The fraction of sp³-hybridized carbons (Fsp3) is 0.909. The monoisotopic (exact) mass is 234 g/mol. The van der Waals surface area contributed by atoms with Crippen molar-refractivity contribution < 1.29 is 4.79 Å². The smallest absolute Gasteiger partial charge is 0.129 e. The molecule has 1 saturated heterocycles. The van der Waals surface area contributed by atoms with Crippen LogP contribution in [0.1, 0.15) is 52.9 Å². The molecule has 0 aromatic carbocycles. The molecule has 1 heterocycles. The zero-order chi connectivity index (χ0) is 10.8. The highest BCUT2D eigenvalue weighted by Crippen LogP contribution is 2.39. The molecule has 1 atom stereocenters. The maximum Gasteiger partial charge on any atom is 0.129 e. The number of unbranched alkanes of at least 4 members (excludes halogenated alkanes) is 1. The lowest BCUT2D eigenvalue weighted by Gasteiger charge is -2.05. The van der Waals surface area contributed by atoms with E-state index in [1.54, 1.807) is 6.92 Å². The topological polar surface area (TPSA) is 17.1 Å². The van der Waals surface area contributed by atoms with Crippen molar-refractivity contribution in [3.8, 4) is 0 Å². The third-order valence-electron chi connectivity index (χ3n) is 2.03. The van der Waals surface area contributed by atoms with Gasteiger partial charge >= 0.3 is 0 Å². The van der Waals surface area contributed by atoms with Crippen LogP contribution in [0.3, 0.4) is 0 Å². The first-order chi connectivity index (χ1) is 6.79. The first-order valence-electron chi connectivity index (χ1n) is 5.57. The number of ketones is 1. The maximum absolute atomic E-state index is 10.6. The first-order valence-corrected chi connectivity index (χ1v) is 7.95. The minimum atomic E-state index is 0.337. The molecule has 1 aliphatic rings. The number of rotatable bonds is 5.